The van der Waals surface area contributed by atoms with Crippen molar-refractivity contribution in [1.82, 2.24) is 4.98 Å². The SMILES string of the molecule is COc1cc([C@@H](c2c[nH]c3ccccc23)C2C(=O)OC(C)(C)OC2=O)cc(Br)c1OCc1cccc(F)c1. The van der Waals surface area contributed by atoms with Crippen LogP contribution in [0.2, 0.25) is 0 Å². The summed E-state index contributed by atoms with van der Waals surface area (Å²) >= 11 is 3.56. The van der Waals surface area contributed by atoms with Gasteiger partial charge in [0.05, 0.1) is 11.6 Å². The number of halogens is 2. The number of hydrogen-bond acceptors (Lipinski definition) is 6. The van der Waals surface area contributed by atoms with E-state index in [0.29, 0.717) is 27.1 Å². The lowest BCUT2D eigenvalue weighted by molar-refractivity contribution is -0.240. The number of benzene rings is 3. The molecule has 1 aliphatic rings. The summed E-state index contributed by atoms with van der Waals surface area (Å²) in [5, 5.41) is 0.851. The molecule has 2 heterocycles. The number of nitrogens with one attached hydrogen (secondary N) is 1. The maximum Gasteiger partial charge on any atom is 0.324 e. The number of para-hydroxylation sites is 1. The summed E-state index contributed by atoms with van der Waals surface area (Å²) in [5.41, 5.74) is 2.83. The maximum absolute atomic E-state index is 13.6. The summed E-state index contributed by atoms with van der Waals surface area (Å²) in [4.78, 5) is 29.7. The number of H-pyrrole nitrogens is 1. The number of methoxy groups -OCH3 is 1. The van der Waals surface area contributed by atoms with E-state index in [1.54, 1.807) is 30.5 Å². The van der Waals surface area contributed by atoms with Crippen molar-refractivity contribution in [2.45, 2.75) is 32.2 Å². The Kier molecular flexibility index (Phi) is 6.88. The van der Waals surface area contributed by atoms with Crippen LogP contribution in [0.4, 0.5) is 4.39 Å². The van der Waals surface area contributed by atoms with E-state index < -0.39 is 29.6 Å². The van der Waals surface area contributed by atoms with E-state index in [-0.39, 0.29) is 12.4 Å². The van der Waals surface area contributed by atoms with Crippen LogP contribution in [0.1, 0.15) is 36.5 Å². The molecule has 3 aromatic carbocycles. The molecule has 1 aromatic heterocycles. The number of hydrogen-bond donors (Lipinski definition) is 1. The van der Waals surface area contributed by atoms with Gasteiger partial charge >= 0.3 is 11.9 Å². The molecule has 0 radical (unpaired) electrons. The van der Waals surface area contributed by atoms with E-state index in [9.17, 15) is 14.0 Å². The molecule has 0 aliphatic carbocycles. The number of carbonyl (C=O) groups is 2. The zero-order valence-corrected chi connectivity index (χ0v) is 22.5. The van der Waals surface area contributed by atoms with Crippen molar-refractivity contribution in [3.63, 3.8) is 0 Å². The van der Waals surface area contributed by atoms with Crippen molar-refractivity contribution in [1.29, 1.82) is 0 Å². The summed E-state index contributed by atoms with van der Waals surface area (Å²) in [7, 11) is 1.49. The van der Waals surface area contributed by atoms with Gasteiger partial charge in [0.15, 0.2) is 17.4 Å². The molecule has 0 bridgehead atoms. The van der Waals surface area contributed by atoms with Crippen LogP contribution in [0.5, 0.6) is 11.5 Å². The largest absolute Gasteiger partial charge is 0.493 e. The number of aromatic nitrogens is 1. The number of esters is 2. The van der Waals surface area contributed by atoms with Crippen LogP contribution in [-0.2, 0) is 25.7 Å². The van der Waals surface area contributed by atoms with Gasteiger partial charge in [0.2, 0.25) is 0 Å². The van der Waals surface area contributed by atoms with E-state index in [2.05, 4.69) is 20.9 Å². The number of cyclic esters (lactones) is 2. The predicted molar refractivity (Wildman–Crippen MR) is 141 cm³/mol. The van der Waals surface area contributed by atoms with E-state index in [1.165, 1.54) is 33.1 Å². The zero-order chi connectivity index (χ0) is 27.0. The van der Waals surface area contributed by atoms with Gasteiger partial charge in [0.25, 0.3) is 5.79 Å². The molecule has 1 N–H and O–H groups in total. The Morgan fingerprint density at radius 3 is 2.50 bits per heavy atom. The van der Waals surface area contributed by atoms with Gasteiger partial charge in [0, 0.05) is 36.9 Å². The Bertz CT molecular complexity index is 1510. The number of aromatic amines is 1. The first-order chi connectivity index (χ1) is 18.2. The molecule has 9 heteroatoms. The second-order valence-electron chi connectivity index (χ2n) is 9.44. The van der Waals surface area contributed by atoms with E-state index in [4.69, 9.17) is 18.9 Å². The minimum Gasteiger partial charge on any atom is -0.493 e. The normalized spacial score (nSPS) is 16.1. The van der Waals surface area contributed by atoms with Crippen molar-refractivity contribution in [3.8, 4) is 11.5 Å². The molecule has 0 spiro atoms. The third kappa shape index (κ3) is 4.98. The van der Waals surface area contributed by atoms with Gasteiger partial charge in [-0.05, 0) is 63.0 Å². The molecule has 1 atom stereocenters. The molecule has 196 valence electrons. The minimum absolute atomic E-state index is 0.105. The fraction of sp³-hybridized carbons (Fsp3) is 0.241. The summed E-state index contributed by atoms with van der Waals surface area (Å²) in [6, 6.07) is 17.2. The highest BCUT2D eigenvalue weighted by Gasteiger charge is 2.49. The van der Waals surface area contributed by atoms with Gasteiger partial charge < -0.3 is 23.9 Å². The van der Waals surface area contributed by atoms with Crippen molar-refractivity contribution in [2.24, 2.45) is 5.92 Å². The molecule has 0 unspecified atom stereocenters. The standard InChI is InChI=1S/C29H25BrFNO6/c1-29(2)37-27(33)25(28(34)38-29)24(20-14-32-22-10-5-4-9-19(20)22)17-12-21(30)26(23(13-17)35-3)36-15-16-7-6-8-18(31)11-16/h4-14,24-25,32H,15H2,1-3H3/t24-/m0/s1. The van der Waals surface area contributed by atoms with Crippen molar-refractivity contribution < 1.29 is 32.9 Å². The second kappa shape index (κ2) is 10.1. The zero-order valence-electron chi connectivity index (χ0n) is 20.9. The van der Waals surface area contributed by atoms with Crippen LogP contribution in [0.3, 0.4) is 0 Å². The van der Waals surface area contributed by atoms with Gasteiger partial charge in [-0.3, -0.25) is 9.59 Å². The average Bonchev–Trinajstić information content (AvgIpc) is 3.28. The van der Waals surface area contributed by atoms with Crippen LogP contribution in [0.15, 0.2) is 71.3 Å². The quantitative estimate of drug-likeness (QED) is 0.205. The Labute approximate surface area is 227 Å². The van der Waals surface area contributed by atoms with Crippen molar-refractivity contribution >= 4 is 38.8 Å². The summed E-state index contributed by atoms with van der Waals surface area (Å²) in [6.07, 6.45) is 1.78. The lowest BCUT2D eigenvalue weighted by Crippen LogP contribution is -2.48. The van der Waals surface area contributed by atoms with Gasteiger partial charge in [0.1, 0.15) is 12.4 Å². The molecule has 1 saturated heterocycles. The molecule has 5 rings (SSSR count). The van der Waals surface area contributed by atoms with Crippen molar-refractivity contribution in [2.75, 3.05) is 7.11 Å². The predicted octanol–water partition coefficient (Wildman–Crippen LogP) is 6.24. The van der Waals surface area contributed by atoms with Crippen LogP contribution in [-0.4, -0.2) is 29.8 Å². The number of rotatable bonds is 7. The van der Waals surface area contributed by atoms with Crippen molar-refractivity contribution in [3.05, 3.63) is 93.8 Å². The lowest BCUT2D eigenvalue weighted by Gasteiger charge is -2.36. The maximum atomic E-state index is 13.6. The summed E-state index contributed by atoms with van der Waals surface area (Å²) < 4.78 is 36.8. The third-order valence-electron chi connectivity index (χ3n) is 6.37. The Morgan fingerprint density at radius 2 is 1.79 bits per heavy atom. The highest BCUT2D eigenvalue weighted by Crippen LogP contribution is 2.45. The molecule has 1 fully saturated rings. The molecule has 38 heavy (non-hydrogen) atoms. The van der Waals surface area contributed by atoms with E-state index in [1.807, 2.05) is 24.3 Å². The molecule has 0 saturated carbocycles. The molecule has 4 aromatic rings. The fourth-order valence-corrected chi connectivity index (χ4v) is 5.32. The van der Waals surface area contributed by atoms with Crippen LogP contribution in [0, 0.1) is 11.7 Å². The lowest BCUT2D eigenvalue weighted by atomic mass is 9.80. The van der Waals surface area contributed by atoms with Crippen LogP contribution in [0.25, 0.3) is 10.9 Å². The first-order valence-electron chi connectivity index (χ1n) is 11.9. The molecular weight excluding hydrogens is 557 g/mol. The number of ether oxygens (including phenoxy) is 4. The Hall–Kier alpha value is -3.85. The first-order valence-corrected chi connectivity index (χ1v) is 12.7. The Balaban J connectivity index is 1.59. The van der Waals surface area contributed by atoms with Crippen LogP contribution >= 0.6 is 15.9 Å². The van der Waals surface area contributed by atoms with Gasteiger partial charge in [-0.25, -0.2) is 4.39 Å². The molecule has 0 amide bonds. The second-order valence-corrected chi connectivity index (χ2v) is 10.3. The molecule has 1 aliphatic heterocycles. The average molecular weight is 582 g/mol. The van der Waals surface area contributed by atoms with E-state index >= 15 is 0 Å². The topological polar surface area (TPSA) is 86.9 Å². The molecular formula is C29H25BrFNO6. The van der Waals surface area contributed by atoms with Gasteiger partial charge in [-0.2, -0.15) is 0 Å². The third-order valence-corrected chi connectivity index (χ3v) is 6.96. The smallest absolute Gasteiger partial charge is 0.324 e. The van der Waals surface area contributed by atoms with E-state index in [0.717, 1.165) is 16.5 Å². The molecule has 7 nitrogen and oxygen atoms in total. The highest BCUT2D eigenvalue weighted by atomic mass is 79.9. The summed E-state index contributed by atoms with van der Waals surface area (Å²) in [5.74, 6) is -4.32. The highest BCUT2D eigenvalue weighted by molar-refractivity contribution is 9.10. The van der Waals surface area contributed by atoms with Gasteiger partial charge in [-0.1, -0.05) is 30.3 Å². The first kappa shape index (κ1) is 25.8. The van der Waals surface area contributed by atoms with Gasteiger partial charge in [-0.15, -0.1) is 0 Å². The Morgan fingerprint density at radius 1 is 1.05 bits per heavy atom. The fourth-order valence-electron chi connectivity index (χ4n) is 4.75. The monoisotopic (exact) mass is 581 g/mol. The number of fused-ring (bicyclic) bond motifs is 1. The van der Waals surface area contributed by atoms with Crippen LogP contribution < -0.4 is 9.47 Å². The summed E-state index contributed by atoms with van der Waals surface area (Å²) in [6.45, 7) is 3.14. The minimum atomic E-state index is -1.36. The number of carbonyl (C=O) groups excluding carboxylic acids is 2.